The van der Waals surface area contributed by atoms with Gasteiger partial charge in [0.2, 0.25) is 0 Å². The Morgan fingerprint density at radius 1 is 1.17 bits per heavy atom. The van der Waals surface area contributed by atoms with Gasteiger partial charge in [0, 0.05) is 19.6 Å². The molecule has 1 fully saturated rings. The number of rotatable bonds is 8. The van der Waals surface area contributed by atoms with Crippen molar-refractivity contribution in [2.75, 3.05) is 26.7 Å². The fourth-order valence-electron chi connectivity index (χ4n) is 2.31. The highest BCUT2D eigenvalue weighted by Crippen LogP contribution is 2.44. The summed E-state index contributed by atoms with van der Waals surface area (Å²) in [6.45, 7) is 5.92. The van der Waals surface area contributed by atoms with E-state index < -0.39 is 0 Å². The van der Waals surface area contributed by atoms with E-state index in [1.807, 2.05) is 26.1 Å². The van der Waals surface area contributed by atoms with Crippen LogP contribution >= 0.6 is 0 Å². The van der Waals surface area contributed by atoms with E-state index in [0.29, 0.717) is 5.41 Å². The standard InChI is InChI=1S/C15H24N2O/c1-3-18-14-6-4-13(5-7-14)10-17-12-15(8-9-15)11-16-2/h4-7,16-17H,3,8-12H2,1-2H3. The van der Waals surface area contributed by atoms with Crippen LogP contribution in [0.25, 0.3) is 0 Å². The summed E-state index contributed by atoms with van der Waals surface area (Å²) in [4.78, 5) is 0. The van der Waals surface area contributed by atoms with Gasteiger partial charge in [-0.3, -0.25) is 0 Å². The van der Waals surface area contributed by atoms with Crippen molar-refractivity contribution in [3.63, 3.8) is 0 Å². The van der Waals surface area contributed by atoms with E-state index in [2.05, 4.69) is 22.8 Å². The van der Waals surface area contributed by atoms with Crippen LogP contribution in [0, 0.1) is 5.41 Å². The van der Waals surface area contributed by atoms with E-state index in [4.69, 9.17) is 4.74 Å². The molecule has 0 saturated heterocycles. The molecule has 3 nitrogen and oxygen atoms in total. The van der Waals surface area contributed by atoms with Crippen LogP contribution in [0.3, 0.4) is 0 Å². The molecule has 0 unspecified atom stereocenters. The van der Waals surface area contributed by atoms with E-state index in [1.165, 1.54) is 18.4 Å². The molecule has 0 radical (unpaired) electrons. The maximum atomic E-state index is 5.43. The van der Waals surface area contributed by atoms with E-state index in [0.717, 1.165) is 32.0 Å². The summed E-state index contributed by atoms with van der Waals surface area (Å²) in [6.07, 6.45) is 2.70. The molecular formula is C15H24N2O. The predicted molar refractivity (Wildman–Crippen MR) is 74.9 cm³/mol. The van der Waals surface area contributed by atoms with Crippen molar-refractivity contribution < 1.29 is 4.74 Å². The quantitative estimate of drug-likeness (QED) is 0.740. The van der Waals surface area contributed by atoms with Crippen LogP contribution in [-0.4, -0.2) is 26.7 Å². The second kappa shape index (κ2) is 6.21. The molecule has 1 aromatic carbocycles. The smallest absolute Gasteiger partial charge is 0.119 e. The molecule has 0 spiro atoms. The van der Waals surface area contributed by atoms with Crippen molar-refractivity contribution >= 4 is 0 Å². The molecule has 100 valence electrons. The number of benzene rings is 1. The van der Waals surface area contributed by atoms with Crippen LogP contribution in [-0.2, 0) is 6.54 Å². The first-order chi connectivity index (χ1) is 8.78. The van der Waals surface area contributed by atoms with Crippen molar-refractivity contribution in [2.45, 2.75) is 26.3 Å². The average molecular weight is 248 g/mol. The summed E-state index contributed by atoms with van der Waals surface area (Å²) in [6, 6.07) is 8.35. The lowest BCUT2D eigenvalue weighted by atomic mass is 10.1. The van der Waals surface area contributed by atoms with Gasteiger partial charge < -0.3 is 15.4 Å². The Bertz CT molecular complexity index is 357. The van der Waals surface area contributed by atoms with Crippen molar-refractivity contribution in [3.8, 4) is 5.75 Å². The van der Waals surface area contributed by atoms with E-state index in [1.54, 1.807) is 0 Å². The lowest BCUT2D eigenvalue weighted by Gasteiger charge is -2.15. The number of hydrogen-bond donors (Lipinski definition) is 2. The first-order valence-corrected chi connectivity index (χ1v) is 6.85. The summed E-state index contributed by atoms with van der Waals surface area (Å²) >= 11 is 0. The molecule has 1 aromatic rings. The fraction of sp³-hybridized carbons (Fsp3) is 0.600. The van der Waals surface area contributed by atoms with Crippen LogP contribution in [0.4, 0.5) is 0 Å². The molecule has 0 aliphatic heterocycles. The van der Waals surface area contributed by atoms with Gasteiger partial charge in [-0.15, -0.1) is 0 Å². The third-order valence-electron chi connectivity index (χ3n) is 3.57. The molecule has 0 amide bonds. The van der Waals surface area contributed by atoms with Gasteiger partial charge in [0.25, 0.3) is 0 Å². The first-order valence-electron chi connectivity index (χ1n) is 6.85. The van der Waals surface area contributed by atoms with Gasteiger partial charge in [-0.25, -0.2) is 0 Å². The van der Waals surface area contributed by atoms with Gasteiger partial charge >= 0.3 is 0 Å². The molecule has 2 rings (SSSR count). The molecule has 3 heteroatoms. The number of hydrogen-bond acceptors (Lipinski definition) is 3. The van der Waals surface area contributed by atoms with Crippen molar-refractivity contribution in [1.29, 1.82) is 0 Å². The van der Waals surface area contributed by atoms with Gasteiger partial charge in [-0.1, -0.05) is 12.1 Å². The minimum absolute atomic E-state index is 0.528. The molecule has 1 aliphatic rings. The molecule has 0 heterocycles. The highest BCUT2D eigenvalue weighted by atomic mass is 16.5. The zero-order valence-corrected chi connectivity index (χ0v) is 11.5. The van der Waals surface area contributed by atoms with Crippen LogP contribution in [0.15, 0.2) is 24.3 Å². The summed E-state index contributed by atoms with van der Waals surface area (Å²) in [5, 5.41) is 6.84. The van der Waals surface area contributed by atoms with Gasteiger partial charge in [-0.05, 0) is 49.9 Å². The Morgan fingerprint density at radius 2 is 1.89 bits per heavy atom. The molecule has 0 atom stereocenters. The predicted octanol–water partition coefficient (Wildman–Crippen LogP) is 2.17. The van der Waals surface area contributed by atoms with Crippen LogP contribution in [0.2, 0.25) is 0 Å². The van der Waals surface area contributed by atoms with Gasteiger partial charge in [0.05, 0.1) is 6.61 Å². The minimum atomic E-state index is 0.528. The lowest BCUT2D eigenvalue weighted by Crippen LogP contribution is -2.30. The fourth-order valence-corrected chi connectivity index (χ4v) is 2.31. The zero-order valence-electron chi connectivity index (χ0n) is 11.5. The molecule has 18 heavy (non-hydrogen) atoms. The van der Waals surface area contributed by atoms with Crippen LogP contribution < -0.4 is 15.4 Å². The van der Waals surface area contributed by atoms with Crippen molar-refractivity contribution in [1.82, 2.24) is 10.6 Å². The molecular weight excluding hydrogens is 224 g/mol. The SMILES string of the molecule is CCOc1ccc(CNCC2(CNC)CC2)cc1. The third kappa shape index (κ3) is 3.72. The van der Waals surface area contributed by atoms with Crippen molar-refractivity contribution in [2.24, 2.45) is 5.41 Å². The Balaban J connectivity index is 1.73. The normalized spacial score (nSPS) is 16.6. The highest BCUT2D eigenvalue weighted by Gasteiger charge is 2.41. The minimum Gasteiger partial charge on any atom is -0.494 e. The molecule has 0 bridgehead atoms. The van der Waals surface area contributed by atoms with Crippen molar-refractivity contribution in [3.05, 3.63) is 29.8 Å². The summed E-state index contributed by atoms with van der Waals surface area (Å²) in [5.41, 5.74) is 1.85. The van der Waals surface area contributed by atoms with Crippen LogP contribution in [0.5, 0.6) is 5.75 Å². The second-order valence-electron chi connectivity index (χ2n) is 5.21. The topological polar surface area (TPSA) is 33.3 Å². The Kier molecular flexibility index (Phi) is 4.61. The second-order valence-corrected chi connectivity index (χ2v) is 5.21. The molecule has 0 aromatic heterocycles. The Morgan fingerprint density at radius 3 is 2.44 bits per heavy atom. The average Bonchev–Trinajstić information content (AvgIpc) is 3.12. The van der Waals surface area contributed by atoms with E-state index in [-0.39, 0.29) is 0 Å². The largest absolute Gasteiger partial charge is 0.494 e. The molecule has 1 saturated carbocycles. The molecule has 1 aliphatic carbocycles. The summed E-state index contributed by atoms with van der Waals surface area (Å²) in [7, 11) is 2.03. The highest BCUT2D eigenvalue weighted by molar-refractivity contribution is 5.27. The zero-order chi connectivity index (χ0) is 12.8. The maximum Gasteiger partial charge on any atom is 0.119 e. The third-order valence-corrected chi connectivity index (χ3v) is 3.57. The molecule has 2 N–H and O–H groups in total. The summed E-state index contributed by atoms with van der Waals surface area (Å²) < 4.78 is 5.43. The first kappa shape index (κ1) is 13.4. The monoisotopic (exact) mass is 248 g/mol. The van der Waals surface area contributed by atoms with E-state index in [9.17, 15) is 0 Å². The number of ether oxygens (including phenoxy) is 1. The Labute approximate surface area is 110 Å². The van der Waals surface area contributed by atoms with Crippen LogP contribution in [0.1, 0.15) is 25.3 Å². The van der Waals surface area contributed by atoms with Gasteiger partial charge in [-0.2, -0.15) is 0 Å². The lowest BCUT2D eigenvalue weighted by molar-refractivity contribution is 0.340. The van der Waals surface area contributed by atoms with Gasteiger partial charge in [0.15, 0.2) is 0 Å². The van der Waals surface area contributed by atoms with E-state index >= 15 is 0 Å². The van der Waals surface area contributed by atoms with Gasteiger partial charge in [0.1, 0.15) is 5.75 Å². The Hall–Kier alpha value is -1.06. The summed E-state index contributed by atoms with van der Waals surface area (Å²) in [5.74, 6) is 0.954. The maximum absolute atomic E-state index is 5.43. The number of nitrogens with one attached hydrogen (secondary N) is 2.